The Balaban J connectivity index is 2.20. The first-order valence-corrected chi connectivity index (χ1v) is 5.27. The van der Waals surface area contributed by atoms with Crippen LogP contribution >= 0.6 is 0 Å². The zero-order valence-corrected chi connectivity index (χ0v) is 9.03. The van der Waals surface area contributed by atoms with Crippen LogP contribution in [0.5, 0.6) is 0 Å². The van der Waals surface area contributed by atoms with Gasteiger partial charge in [0.05, 0.1) is 6.61 Å². The molecule has 1 N–H and O–H groups in total. The summed E-state index contributed by atoms with van der Waals surface area (Å²) in [7, 11) is 0. The van der Waals surface area contributed by atoms with Crippen molar-refractivity contribution < 1.29 is 9.53 Å². The zero-order chi connectivity index (χ0) is 10.9. The molecule has 82 valence electrons. The molecule has 0 saturated carbocycles. The third-order valence-corrected chi connectivity index (χ3v) is 2.02. The standard InChI is InChI=1S/C12H17NO2/c1-2-15-12(14)9-6-8-11-7-4-3-5-10-13-11/h3-5,7,10,13H,2,6,8-9H2,1H3. The van der Waals surface area contributed by atoms with Gasteiger partial charge in [-0.1, -0.05) is 12.2 Å². The highest BCUT2D eigenvalue weighted by atomic mass is 16.5. The van der Waals surface area contributed by atoms with Crippen LogP contribution in [0.4, 0.5) is 0 Å². The normalized spacial score (nSPS) is 14.1. The number of rotatable bonds is 5. The largest absolute Gasteiger partial charge is 0.466 e. The SMILES string of the molecule is CCOC(=O)CCCC1=CC=CC=CN1. The molecule has 15 heavy (non-hydrogen) atoms. The van der Waals surface area contributed by atoms with Gasteiger partial charge in [0, 0.05) is 18.3 Å². The van der Waals surface area contributed by atoms with Crippen LogP contribution in [0, 0.1) is 0 Å². The predicted octanol–water partition coefficient (Wildman–Crippen LogP) is 2.28. The molecule has 1 aliphatic heterocycles. The van der Waals surface area contributed by atoms with Crippen molar-refractivity contribution in [1.82, 2.24) is 5.32 Å². The fourth-order valence-corrected chi connectivity index (χ4v) is 1.31. The van der Waals surface area contributed by atoms with E-state index in [4.69, 9.17) is 4.74 Å². The molecule has 0 aromatic rings. The first kappa shape index (κ1) is 11.6. The first-order valence-electron chi connectivity index (χ1n) is 5.27. The maximum atomic E-state index is 11.1. The van der Waals surface area contributed by atoms with Gasteiger partial charge in [0.1, 0.15) is 0 Å². The van der Waals surface area contributed by atoms with Crippen LogP contribution in [0.1, 0.15) is 26.2 Å². The Hall–Kier alpha value is -1.51. The second-order valence-electron chi connectivity index (χ2n) is 3.24. The van der Waals surface area contributed by atoms with Crippen molar-refractivity contribution in [2.75, 3.05) is 6.61 Å². The number of nitrogens with one attached hydrogen (secondary N) is 1. The van der Waals surface area contributed by atoms with Crippen molar-refractivity contribution in [3.63, 3.8) is 0 Å². The van der Waals surface area contributed by atoms with Crippen LogP contribution in [0.25, 0.3) is 0 Å². The van der Waals surface area contributed by atoms with E-state index in [1.807, 2.05) is 37.4 Å². The molecule has 0 aliphatic carbocycles. The minimum Gasteiger partial charge on any atom is -0.466 e. The lowest BCUT2D eigenvalue weighted by Crippen LogP contribution is -2.07. The minimum atomic E-state index is -0.113. The molecule has 0 spiro atoms. The van der Waals surface area contributed by atoms with Crippen LogP contribution in [0.2, 0.25) is 0 Å². The number of hydrogen-bond acceptors (Lipinski definition) is 3. The smallest absolute Gasteiger partial charge is 0.305 e. The molecular weight excluding hydrogens is 190 g/mol. The highest BCUT2D eigenvalue weighted by Crippen LogP contribution is 2.07. The van der Waals surface area contributed by atoms with Crippen LogP contribution in [-0.2, 0) is 9.53 Å². The monoisotopic (exact) mass is 207 g/mol. The summed E-state index contributed by atoms with van der Waals surface area (Å²) < 4.78 is 4.85. The average molecular weight is 207 g/mol. The van der Waals surface area contributed by atoms with E-state index in [0.29, 0.717) is 13.0 Å². The Kier molecular flexibility index (Phi) is 5.30. The van der Waals surface area contributed by atoms with E-state index in [0.717, 1.165) is 18.5 Å². The highest BCUT2D eigenvalue weighted by molar-refractivity contribution is 5.69. The molecule has 1 heterocycles. The fraction of sp³-hybridized carbons (Fsp3) is 0.417. The van der Waals surface area contributed by atoms with Crippen molar-refractivity contribution in [2.45, 2.75) is 26.2 Å². The zero-order valence-electron chi connectivity index (χ0n) is 9.03. The molecule has 0 aromatic heterocycles. The van der Waals surface area contributed by atoms with Gasteiger partial charge in [0.15, 0.2) is 0 Å². The molecule has 0 radical (unpaired) electrons. The van der Waals surface area contributed by atoms with E-state index in [1.54, 1.807) is 0 Å². The van der Waals surface area contributed by atoms with Gasteiger partial charge in [0.25, 0.3) is 0 Å². The van der Waals surface area contributed by atoms with Gasteiger partial charge in [0.2, 0.25) is 0 Å². The number of hydrogen-bond donors (Lipinski definition) is 1. The van der Waals surface area contributed by atoms with Gasteiger partial charge in [-0.25, -0.2) is 0 Å². The summed E-state index contributed by atoms with van der Waals surface area (Å²) in [6, 6.07) is 0. The van der Waals surface area contributed by atoms with E-state index in [-0.39, 0.29) is 5.97 Å². The van der Waals surface area contributed by atoms with Crippen LogP contribution < -0.4 is 5.32 Å². The van der Waals surface area contributed by atoms with E-state index < -0.39 is 0 Å². The molecule has 0 aromatic carbocycles. The fourth-order valence-electron chi connectivity index (χ4n) is 1.31. The molecule has 0 fully saturated rings. The van der Waals surface area contributed by atoms with Crippen LogP contribution in [-0.4, -0.2) is 12.6 Å². The number of carbonyl (C=O) groups excluding carboxylic acids is 1. The lowest BCUT2D eigenvalue weighted by Gasteiger charge is -2.05. The van der Waals surface area contributed by atoms with Crippen LogP contribution in [0.15, 0.2) is 36.2 Å². The van der Waals surface area contributed by atoms with Gasteiger partial charge in [-0.15, -0.1) is 0 Å². The van der Waals surface area contributed by atoms with Crippen molar-refractivity contribution in [3.05, 3.63) is 36.2 Å². The van der Waals surface area contributed by atoms with E-state index in [2.05, 4.69) is 5.32 Å². The molecule has 0 unspecified atom stereocenters. The summed E-state index contributed by atoms with van der Waals surface area (Å²) in [5.41, 5.74) is 1.13. The molecular formula is C12H17NO2. The third kappa shape index (κ3) is 5.05. The van der Waals surface area contributed by atoms with Crippen LogP contribution in [0.3, 0.4) is 0 Å². The Bertz CT molecular complexity index is 290. The second-order valence-corrected chi connectivity index (χ2v) is 3.24. The number of esters is 1. The molecule has 0 atom stereocenters. The topological polar surface area (TPSA) is 38.3 Å². The Morgan fingerprint density at radius 3 is 3.07 bits per heavy atom. The number of ether oxygens (including phenoxy) is 1. The quantitative estimate of drug-likeness (QED) is 0.703. The Morgan fingerprint density at radius 2 is 2.27 bits per heavy atom. The Morgan fingerprint density at radius 1 is 1.40 bits per heavy atom. The number of allylic oxidation sites excluding steroid dienone is 5. The van der Waals surface area contributed by atoms with Crippen molar-refractivity contribution in [2.24, 2.45) is 0 Å². The van der Waals surface area contributed by atoms with Crippen molar-refractivity contribution in [3.8, 4) is 0 Å². The summed E-state index contributed by atoms with van der Waals surface area (Å²) in [6.07, 6.45) is 12.0. The maximum Gasteiger partial charge on any atom is 0.305 e. The second kappa shape index (κ2) is 6.87. The van der Waals surface area contributed by atoms with Gasteiger partial charge in [-0.2, -0.15) is 0 Å². The summed E-state index contributed by atoms with van der Waals surface area (Å²) >= 11 is 0. The lowest BCUT2D eigenvalue weighted by atomic mass is 10.2. The highest BCUT2D eigenvalue weighted by Gasteiger charge is 2.02. The minimum absolute atomic E-state index is 0.113. The molecule has 1 aliphatic rings. The van der Waals surface area contributed by atoms with E-state index in [1.165, 1.54) is 0 Å². The lowest BCUT2D eigenvalue weighted by molar-refractivity contribution is -0.143. The molecule has 3 nitrogen and oxygen atoms in total. The third-order valence-electron chi connectivity index (χ3n) is 2.02. The van der Waals surface area contributed by atoms with E-state index in [9.17, 15) is 4.79 Å². The summed E-state index contributed by atoms with van der Waals surface area (Å²) in [5.74, 6) is -0.113. The maximum absolute atomic E-state index is 11.1. The van der Waals surface area contributed by atoms with Gasteiger partial charge in [-0.3, -0.25) is 4.79 Å². The van der Waals surface area contributed by atoms with Gasteiger partial charge in [-0.05, 0) is 31.9 Å². The molecule has 0 saturated heterocycles. The van der Waals surface area contributed by atoms with Gasteiger partial charge >= 0.3 is 5.97 Å². The summed E-state index contributed by atoms with van der Waals surface area (Å²) in [5, 5.41) is 3.15. The predicted molar refractivity (Wildman–Crippen MR) is 60.0 cm³/mol. The molecule has 3 heteroatoms. The molecule has 0 bridgehead atoms. The first-order chi connectivity index (χ1) is 7.33. The van der Waals surface area contributed by atoms with Crippen molar-refractivity contribution in [1.29, 1.82) is 0 Å². The number of carbonyl (C=O) groups is 1. The molecule has 1 rings (SSSR count). The Labute approximate surface area is 90.5 Å². The van der Waals surface area contributed by atoms with Gasteiger partial charge < -0.3 is 10.1 Å². The molecule has 0 amide bonds. The average Bonchev–Trinajstić information content (AvgIpc) is 2.47. The summed E-state index contributed by atoms with van der Waals surface area (Å²) in [6.45, 7) is 2.29. The summed E-state index contributed by atoms with van der Waals surface area (Å²) in [4.78, 5) is 11.1. The van der Waals surface area contributed by atoms with E-state index >= 15 is 0 Å². The van der Waals surface area contributed by atoms with Crippen molar-refractivity contribution >= 4 is 5.97 Å².